The highest BCUT2D eigenvalue weighted by atomic mass is 16.1. The van der Waals surface area contributed by atoms with Crippen LogP contribution in [0.3, 0.4) is 0 Å². The van der Waals surface area contributed by atoms with Gasteiger partial charge in [-0.2, -0.15) is 0 Å². The van der Waals surface area contributed by atoms with Crippen LogP contribution in [0.2, 0.25) is 0 Å². The van der Waals surface area contributed by atoms with Gasteiger partial charge in [-0.25, -0.2) is 4.98 Å². The summed E-state index contributed by atoms with van der Waals surface area (Å²) in [5.74, 6) is 2.28. The molecule has 0 bridgehead atoms. The maximum Gasteiger partial charge on any atom is 0.257 e. The highest BCUT2D eigenvalue weighted by Gasteiger charge is 2.48. The van der Waals surface area contributed by atoms with Crippen LogP contribution >= 0.6 is 0 Å². The van der Waals surface area contributed by atoms with Crippen molar-refractivity contribution in [3.8, 4) is 0 Å². The number of fused-ring (bicyclic) bond motifs is 4. The minimum absolute atomic E-state index is 0.115. The van der Waals surface area contributed by atoms with Crippen LogP contribution in [0.15, 0.2) is 17.4 Å². The topological polar surface area (TPSA) is 34.9 Å². The first-order valence-corrected chi connectivity index (χ1v) is 10.9. The SMILES string of the molecule is C=CCn1c(CCC)nc2c(c1=O)C1(CCCCC1)CC1CCCCC21. The van der Waals surface area contributed by atoms with Gasteiger partial charge >= 0.3 is 0 Å². The molecule has 26 heavy (non-hydrogen) atoms. The average molecular weight is 355 g/mol. The van der Waals surface area contributed by atoms with Gasteiger partial charge in [-0.1, -0.05) is 45.1 Å². The fraction of sp³-hybridized carbons (Fsp3) is 0.739. The van der Waals surface area contributed by atoms with E-state index in [2.05, 4.69) is 13.5 Å². The zero-order chi connectivity index (χ0) is 18.1. The Labute approximate surface area is 157 Å². The first kappa shape index (κ1) is 18.0. The summed E-state index contributed by atoms with van der Waals surface area (Å²) in [7, 11) is 0. The summed E-state index contributed by atoms with van der Waals surface area (Å²) in [6.45, 7) is 6.66. The van der Waals surface area contributed by atoms with Crippen LogP contribution in [0, 0.1) is 5.92 Å². The lowest BCUT2D eigenvalue weighted by Crippen LogP contribution is -2.47. The monoisotopic (exact) mass is 354 g/mol. The molecule has 3 nitrogen and oxygen atoms in total. The highest BCUT2D eigenvalue weighted by molar-refractivity contribution is 5.36. The number of hydrogen-bond donors (Lipinski definition) is 0. The van der Waals surface area contributed by atoms with Crippen molar-refractivity contribution in [3.05, 3.63) is 40.1 Å². The Morgan fingerprint density at radius 1 is 1.19 bits per heavy atom. The van der Waals surface area contributed by atoms with Crippen molar-refractivity contribution in [2.24, 2.45) is 5.92 Å². The lowest BCUT2D eigenvalue weighted by molar-refractivity contribution is 0.154. The fourth-order valence-electron chi connectivity index (χ4n) is 6.21. The van der Waals surface area contributed by atoms with E-state index < -0.39 is 0 Å². The molecule has 1 aromatic heterocycles. The van der Waals surface area contributed by atoms with Crippen molar-refractivity contribution < 1.29 is 0 Å². The van der Waals surface area contributed by atoms with E-state index in [-0.39, 0.29) is 11.0 Å². The predicted octanol–water partition coefficient (Wildman–Crippen LogP) is 5.26. The van der Waals surface area contributed by atoms with Crippen molar-refractivity contribution in [2.45, 2.75) is 102 Å². The van der Waals surface area contributed by atoms with E-state index in [4.69, 9.17) is 4.98 Å². The smallest absolute Gasteiger partial charge is 0.257 e. The molecule has 0 amide bonds. The third-order valence-electron chi connectivity index (χ3n) is 7.32. The molecular weight excluding hydrogens is 320 g/mol. The minimum atomic E-state index is 0.115. The van der Waals surface area contributed by atoms with Crippen LogP contribution in [0.1, 0.15) is 101 Å². The molecule has 0 saturated heterocycles. The first-order valence-electron chi connectivity index (χ1n) is 10.9. The normalized spacial score (nSPS) is 27.0. The van der Waals surface area contributed by atoms with Crippen molar-refractivity contribution in [1.29, 1.82) is 0 Å². The lowest BCUT2D eigenvalue weighted by Gasteiger charge is -2.49. The van der Waals surface area contributed by atoms with Gasteiger partial charge in [0, 0.05) is 29.9 Å². The molecule has 3 aliphatic rings. The molecule has 142 valence electrons. The molecule has 1 spiro atoms. The number of aromatic nitrogens is 2. The number of aryl methyl sites for hydroxylation is 1. The van der Waals surface area contributed by atoms with Gasteiger partial charge < -0.3 is 0 Å². The predicted molar refractivity (Wildman–Crippen MR) is 107 cm³/mol. The molecule has 1 heterocycles. The summed E-state index contributed by atoms with van der Waals surface area (Å²) in [4.78, 5) is 19.0. The minimum Gasteiger partial charge on any atom is -0.293 e. The molecule has 4 rings (SSSR count). The van der Waals surface area contributed by atoms with E-state index in [0.717, 1.165) is 30.1 Å². The van der Waals surface area contributed by atoms with E-state index in [9.17, 15) is 4.79 Å². The number of hydrogen-bond acceptors (Lipinski definition) is 2. The second kappa shape index (κ2) is 7.32. The van der Waals surface area contributed by atoms with Gasteiger partial charge in [0.15, 0.2) is 0 Å². The fourth-order valence-corrected chi connectivity index (χ4v) is 6.21. The summed E-state index contributed by atoms with van der Waals surface area (Å²) >= 11 is 0. The average Bonchev–Trinajstić information content (AvgIpc) is 2.65. The Kier molecular flexibility index (Phi) is 5.07. The Hall–Kier alpha value is -1.38. The van der Waals surface area contributed by atoms with Crippen LogP contribution < -0.4 is 5.56 Å². The Morgan fingerprint density at radius 2 is 1.96 bits per heavy atom. The second-order valence-electron chi connectivity index (χ2n) is 8.94. The quantitative estimate of drug-likeness (QED) is 0.691. The highest BCUT2D eigenvalue weighted by Crippen LogP contribution is 2.54. The van der Waals surface area contributed by atoms with Gasteiger partial charge in [-0.15, -0.1) is 6.58 Å². The molecule has 1 aromatic rings. The van der Waals surface area contributed by atoms with Crippen LogP contribution in [0.25, 0.3) is 0 Å². The van der Waals surface area contributed by atoms with E-state index in [1.807, 2.05) is 10.6 Å². The zero-order valence-corrected chi connectivity index (χ0v) is 16.4. The van der Waals surface area contributed by atoms with Crippen molar-refractivity contribution in [1.82, 2.24) is 9.55 Å². The molecule has 2 fully saturated rings. The van der Waals surface area contributed by atoms with E-state index in [0.29, 0.717) is 12.5 Å². The van der Waals surface area contributed by atoms with Gasteiger partial charge in [-0.05, 0) is 44.4 Å². The summed E-state index contributed by atoms with van der Waals surface area (Å²) in [5, 5.41) is 0. The van der Waals surface area contributed by atoms with Crippen molar-refractivity contribution in [3.63, 3.8) is 0 Å². The molecule has 2 atom stereocenters. The molecular formula is C23H34N2O. The first-order chi connectivity index (χ1) is 12.7. The summed E-state index contributed by atoms with van der Waals surface area (Å²) < 4.78 is 1.94. The number of rotatable bonds is 4. The van der Waals surface area contributed by atoms with Gasteiger partial charge in [0.2, 0.25) is 0 Å². The molecule has 2 unspecified atom stereocenters. The summed E-state index contributed by atoms with van der Waals surface area (Å²) in [5.41, 5.74) is 2.73. The number of allylic oxidation sites excluding steroid dienone is 1. The Bertz CT molecular complexity index is 726. The van der Waals surface area contributed by atoms with E-state index >= 15 is 0 Å². The molecule has 0 aromatic carbocycles. The third kappa shape index (κ3) is 2.88. The lowest BCUT2D eigenvalue weighted by atomic mass is 9.56. The Balaban J connectivity index is 1.93. The van der Waals surface area contributed by atoms with Gasteiger partial charge in [0.1, 0.15) is 5.82 Å². The second-order valence-corrected chi connectivity index (χ2v) is 8.94. The molecule has 0 N–H and O–H groups in total. The van der Waals surface area contributed by atoms with Gasteiger partial charge in [-0.3, -0.25) is 9.36 Å². The molecule has 2 saturated carbocycles. The summed E-state index contributed by atoms with van der Waals surface area (Å²) in [6, 6.07) is 0. The van der Waals surface area contributed by atoms with Crippen molar-refractivity contribution >= 4 is 0 Å². The Morgan fingerprint density at radius 3 is 2.69 bits per heavy atom. The zero-order valence-electron chi connectivity index (χ0n) is 16.4. The van der Waals surface area contributed by atoms with E-state index in [1.54, 1.807) is 0 Å². The number of nitrogens with zero attached hydrogens (tertiary/aromatic N) is 2. The molecule has 0 radical (unpaired) electrons. The van der Waals surface area contributed by atoms with Crippen LogP contribution in [-0.4, -0.2) is 9.55 Å². The standard InChI is InChI=1S/C23H34N2O/c1-3-10-19-24-21-18-12-7-6-11-17(18)16-23(13-8-5-9-14-23)20(21)22(26)25(19)15-4-2/h4,17-18H,2-3,5-16H2,1H3. The molecule has 3 aliphatic carbocycles. The molecule has 3 heteroatoms. The largest absolute Gasteiger partial charge is 0.293 e. The van der Waals surface area contributed by atoms with Gasteiger partial charge in [0.05, 0.1) is 5.69 Å². The maximum atomic E-state index is 13.7. The van der Waals surface area contributed by atoms with Crippen molar-refractivity contribution in [2.75, 3.05) is 0 Å². The van der Waals surface area contributed by atoms with Crippen LogP contribution in [0.4, 0.5) is 0 Å². The summed E-state index contributed by atoms with van der Waals surface area (Å²) in [6.07, 6.45) is 16.5. The van der Waals surface area contributed by atoms with Gasteiger partial charge in [0.25, 0.3) is 5.56 Å². The maximum absolute atomic E-state index is 13.7. The van der Waals surface area contributed by atoms with E-state index in [1.165, 1.54) is 69.9 Å². The molecule has 0 aliphatic heterocycles. The third-order valence-corrected chi connectivity index (χ3v) is 7.32. The van der Waals surface area contributed by atoms with Crippen LogP contribution in [0.5, 0.6) is 0 Å². The van der Waals surface area contributed by atoms with Crippen LogP contribution in [-0.2, 0) is 18.4 Å².